The van der Waals surface area contributed by atoms with E-state index in [0.717, 1.165) is 50.9 Å². The first-order valence-corrected chi connectivity index (χ1v) is 9.85. The van der Waals surface area contributed by atoms with Gasteiger partial charge in [0.05, 0.1) is 16.5 Å². The van der Waals surface area contributed by atoms with Crippen molar-refractivity contribution in [1.29, 1.82) is 0 Å². The van der Waals surface area contributed by atoms with Gasteiger partial charge in [-0.2, -0.15) is 13.2 Å². The molecule has 3 nitrogen and oxygen atoms in total. The lowest BCUT2D eigenvalue weighted by atomic mass is 9.77. The fourth-order valence-corrected chi connectivity index (χ4v) is 5.81. The van der Waals surface area contributed by atoms with Crippen LogP contribution >= 0.6 is 11.3 Å². The molecule has 4 fully saturated rings. The monoisotopic (exact) mass is 380 g/mol. The molecule has 2 bridgehead atoms. The van der Waals surface area contributed by atoms with Crippen LogP contribution in [0.25, 0.3) is 10.1 Å². The van der Waals surface area contributed by atoms with Gasteiger partial charge in [0.15, 0.2) is 0 Å². The lowest BCUT2D eigenvalue weighted by molar-refractivity contribution is -0.137. The Morgan fingerprint density at radius 3 is 2.58 bits per heavy atom. The number of hydrogen-bond acceptors (Lipinski definition) is 3. The van der Waals surface area contributed by atoms with Crippen molar-refractivity contribution in [2.75, 3.05) is 13.1 Å². The molecule has 26 heavy (non-hydrogen) atoms. The van der Waals surface area contributed by atoms with E-state index in [2.05, 4.69) is 10.2 Å². The van der Waals surface area contributed by atoms with Gasteiger partial charge in [-0.1, -0.05) is 0 Å². The third-order valence-corrected chi connectivity index (χ3v) is 7.45. The molecule has 1 saturated carbocycles. The summed E-state index contributed by atoms with van der Waals surface area (Å²) in [5.74, 6) is 0.377. The van der Waals surface area contributed by atoms with Crippen molar-refractivity contribution in [1.82, 2.24) is 10.2 Å². The average Bonchev–Trinajstić information content (AvgIpc) is 3.26. The van der Waals surface area contributed by atoms with Crippen LogP contribution in [0.2, 0.25) is 0 Å². The molecule has 6 rings (SSSR count). The Balaban J connectivity index is 1.40. The van der Waals surface area contributed by atoms with E-state index in [-0.39, 0.29) is 17.5 Å². The van der Waals surface area contributed by atoms with Crippen LogP contribution in [-0.4, -0.2) is 35.5 Å². The smallest absolute Gasteiger partial charge is 0.346 e. The van der Waals surface area contributed by atoms with Crippen molar-refractivity contribution in [2.24, 2.45) is 5.92 Å². The summed E-state index contributed by atoms with van der Waals surface area (Å²) in [4.78, 5) is 15.8. The molecule has 4 aliphatic rings. The Morgan fingerprint density at radius 1 is 1.19 bits per heavy atom. The highest BCUT2D eigenvalue weighted by Gasteiger charge is 2.60. The van der Waals surface area contributed by atoms with E-state index in [0.29, 0.717) is 20.9 Å². The number of fused-ring (bicyclic) bond motifs is 3. The fraction of sp³-hybridized carbons (Fsp3) is 0.526. The van der Waals surface area contributed by atoms with Gasteiger partial charge >= 0.3 is 6.18 Å². The maximum absolute atomic E-state index is 12.9. The molecule has 1 atom stereocenters. The normalized spacial score (nSPS) is 29.3. The number of nitrogens with one attached hydrogen (secondary N) is 1. The molecular weight excluding hydrogens is 361 g/mol. The summed E-state index contributed by atoms with van der Waals surface area (Å²) in [5.41, 5.74) is -0.527. The largest absolute Gasteiger partial charge is 0.416 e. The predicted molar refractivity (Wildman–Crippen MR) is 94.3 cm³/mol. The molecule has 1 aliphatic carbocycles. The minimum Gasteiger partial charge on any atom is -0.346 e. The van der Waals surface area contributed by atoms with Gasteiger partial charge in [0, 0.05) is 10.2 Å². The Bertz CT molecular complexity index is 879. The van der Waals surface area contributed by atoms with Crippen LogP contribution < -0.4 is 5.32 Å². The molecule has 1 aromatic carbocycles. The number of thiophene rings is 1. The molecule has 0 unspecified atom stereocenters. The van der Waals surface area contributed by atoms with Crippen LogP contribution in [0.3, 0.4) is 0 Å². The molecule has 138 valence electrons. The molecule has 4 heterocycles. The van der Waals surface area contributed by atoms with Crippen molar-refractivity contribution >= 4 is 27.3 Å². The van der Waals surface area contributed by atoms with Gasteiger partial charge in [-0.05, 0) is 74.3 Å². The second-order valence-electron chi connectivity index (χ2n) is 7.74. The van der Waals surface area contributed by atoms with Crippen molar-refractivity contribution < 1.29 is 18.0 Å². The van der Waals surface area contributed by atoms with Crippen LogP contribution in [-0.2, 0) is 6.18 Å². The Labute approximate surface area is 153 Å². The number of nitrogens with zero attached hydrogens (tertiary/aromatic N) is 1. The number of benzene rings is 1. The molecule has 3 saturated heterocycles. The van der Waals surface area contributed by atoms with Gasteiger partial charge in [0.25, 0.3) is 5.91 Å². The van der Waals surface area contributed by atoms with E-state index < -0.39 is 11.7 Å². The standard InChI is InChI=1S/C19H19F3N2OS/c20-19(21,22)13-1-2-14-12(9-13)10-15(26-14)17(25)23-16-11-3-7-24(8-4-11)18(16)5-6-18/h1-2,9-11,16H,3-8H2,(H,23,25)/t16-/m0/s1. The molecule has 2 aromatic rings. The number of carbonyl (C=O) groups is 1. The summed E-state index contributed by atoms with van der Waals surface area (Å²) in [6.45, 7) is 2.25. The van der Waals surface area contributed by atoms with Crippen LogP contribution in [0.5, 0.6) is 0 Å². The summed E-state index contributed by atoms with van der Waals surface area (Å²) in [5, 5.41) is 3.71. The second-order valence-corrected chi connectivity index (χ2v) is 8.82. The highest BCUT2D eigenvalue weighted by molar-refractivity contribution is 7.20. The quantitative estimate of drug-likeness (QED) is 0.844. The van der Waals surface area contributed by atoms with Crippen molar-refractivity contribution in [2.45, 2.75) is 43.4 Å². The Hall–Kier alpha value is -1.60. The predicted octanol–water partition coefficient (Wildman–Crippen LogP) is 4.28. The molecule has 1 aromatic heterocycles. The highest BCUT2D eigenvalue weighted by atomic mass is 32.1. The summed E-state index contributed by atoms with van der Waals surface area (Å²) in [6, 6.07) is 5.42. The zero-order valence-corrected chi connectivity index (χ0v) is 14.9. The van der Waals surface area contributed by atoms with Crippen LogP contribution in [0.4, 0.5) is 13.2 Å². The van der Waals surface area contributed by atoms with Gasteiger partial charge in [-0.3, -0.25) is 9.69 Å². The van der Waals surface area contributed by atoms with E-state index in [4.69, 9.17) is 0 Å². The molecule has 3 aliphatic heterocycles. The minimum absolute atomic E-state index is 0.148. The summed E-state index contributed by atoms with van der Waals surface area (Å²) < 4.78 is 39.4. The van der Waals surface area contributed by atoms with Gasteiger partial charge < -0.3 is 5.32 Å². The lowest BCUT2D eigenvalue weighted by Gasteiger charge is -2.52. The summed E-state index contributed by atoms with van der Waals surface area (Å²) >= 11 is 1.26. The SMILES string of the molecule is O=C(N[C@H]1C2CCN(CC2)C12CC2)c1cc2cc(C(F)(F)F)ccc2s1. The van der Waals surface area contributed by atoms with Gasteiger partial charge in [-0.25, -0.2) is 0 Å². The molecule has 1 N–H and O–H groups in total. The number of carbonyl (C=O) groups excluding carboxylic acids is 1. The second kappa shape index (κ2) is 5.45. The summed E-state index contributed by atoms with van der Waals surface area (Å²) in [7, 11) is 0. The highest BCUT2D eigenvalue weighted by Crippen LogP contribution is 2.53. The van der Waals surface area contributed by atoms with E-state index in [1.165, 1.54) is 17.4 Å². The van der Waals surface area contributed by atoms with Gasteiger partial charge in [0.2, 0.25) is 0 Å². The van der Waals surface area contributed by atoms with Crippen LogP contribution in [0.1, 0.15) is 40.9 Å². The molecule has 1 amide bonds. The van der Waals surface area contributed by atoms with E-state index >= 15 is 0 Å². The summed E-state index contributed by atoms with van der Waals surface area (Å²) in [6.07, 6.45) is 0.139. The molecule has 1 spiro atoms. The van der Waals surface area contributed by atoms with Crippen molar-refractivity contribution in [3.63, 3.8) is 0 Å². The number of piperidine rings is 3. The number of amides is 1. The number of halogens is 3. The molecular formula is C19H19F3N2OS. The van der Waals surface area contributed by atoms with Crippen molar-refractivity contribution in [3.8, 4) is 0 Å². The first-order chi connectivity index (χ1) is 12.4. The minimum atomic E-state index is -4.37. The average molecular weight is 380 g/mol. The maximum atomic E-state index is 12.9. The molecule has 0 radical (unpaired) electrons. The van der Waals surface area contributed by atoms with Gasteiger partial charge in [0.1, 0.15) is 0 Å². The van der Waals surface area contributed by atoms with Crippen molar-refractivity contribution in [3.05, 3.63) is 34.7 Å². The zero-order valence-electron chi connectivity index (χ0n) is 14.1. The zero-order chi connectivity index (χ0) is 18.1. The number of rotatable bonds is 2. The Kier molecular flexibility index (Phi) is 3.47. The first-order valence-electron chi connectivity index (χ1n) is 9.04. The van der Waals surface area contributed by atoms with E-state index in [9.17, 15) is 18.0 Å². The number of alkyl halides is 3. The van der Waals surface area contributed by atoms with E-state index in [1.807, 2.05) is 0 Å². The van der Waals surface area contributed by atoms with Crippen LogP contribution in [0, 0.1) is 5.92 Å². The Morgan fingerprint density at radius 2 is 1.92 bits per heavy atom. The van der Waals surface area contributed by atoms with Gasteiger partial charge in [-0.15, -0.1) is 11.3 Å². The molecule has 7 heteroatoms. The topological polar surface area (TPSA) is 32.3 Å². The maximum Gasteiger partial charge on any atom is 0.416 e. The lowest BCUT2D eigenvalue weighted by Crippen LogP contribution is -2.65. The number of hydrogen-bond donors (Lipinski definition) is 1. The first kappa shape index (κ1) is 16.6. The third-order valence-electron chi connectivity index (χ3n) is 6.34. The van der Waals surface area contributed by atoms with Crippen LogP contribution in [0.15, 0.2) is 24.3 Å². The fourth-order valence-electron chi connectivity index (χ4n) is 4.86. The third kappa shape index (κ3) is 2.47. The van der Waals surface area contributed by atoms with E-state index in [1.54, 1.807) is 6.07 Å².